The quantitative estimate of drug-likeness (QED) is 0.261. The lowest BCUT2D eigenvalue weighted by Crippen LogP contribution is -2.47. The minimum atomic E-state index is -1.96. The van der Waals surface area contributed by atoms with Crippen molar-refractivity contribution in [3.8, 4) is 0 Å². The molecule has 6 N–H and O–H groups in total. The molecule has 0 bridgehead atoms. The van der Waals surface area contributed by atoms with Gasteiger partial charge in [-0.25, -0.2) is 0 Å². The van der Waals surface area contributed by atoms with Crippen molar-refractivity contribution in [2.24, 2.45) is 0 Å². The minimum Gasteiger partial charge on any atom is -0.396 e. The summed E-state index contributed by atoms with van der Waals surface area (Å²) in [6, 6.07) is 0. The van der Waals surface area contributed by atoms with Crippen molar-refractivity contribution in [1.29, 1.82) is 0 Å². The minimum absolute atomic E-state index is 0.0473. The van der Waals surface area contributed by atoms with Gasteiger partial charge in [-0.15, -0.1) is 0 Å². The lowest BCUT2D eigenvalue weighted by molar-refractivity contribution is -0.148. The molecule has 0 aliphatic carbocycles. The Hall–Kier alpha value is -0.570. The molecule has 0 radical (unpaired) electrons. The summed E-state index contributed by atoms with van der Waals surface area (Å²) in [5.74, 6) is -1.05. The van der Waals surface area contributed by atoms with Crippen LogP contribution in [0.1, 0.15) is 12.8 Å². The highest BCUT2D eigenvalue weighted by Gasteiger charge is 2.33. The van der Waals surface area contributed by atoms with Gasteiger partial charge in [0, 0.05) is 6.61 Å². The van der Waals surface area contributed by atoms with Crippen LogP contribution in [0.2, 0.25) is 0 Å². The van der Waals surface area contributed by atoms with Gasteiger partial charge in [-0.2, -0.15) is 0 Å². The maximum atomic E-state index is 11.3. The van der Waals surface area contributed by atoms with Crippen molar-refractivity contribution < 1.29 is 35.4 Å². The molecule has 0 aromatic heterocycles. The zero-order valence-corrected chi connectivity index (χ0v) is 8.73. The van der Waals surface area contributed by atoms with Crippen LogP contribution >= 0.6 is 0 Å². The molecule has 0 aromatic carbocycles. The molecule has 0 rings (SSSR count). The summed E-state index contributed by atoms with van der Waals surface area (Å²) < 4.78 is 0. The number of ketones is 1. The number of hydrogen-bond acceptors (Lipinski definition) is 7. The molecule has 7 heteroatoms. The average molecular weight is 238 g/mol. The largest absolute Gasteiger partial charge is 0.396 e. The Morgan fingerprint density at radius 3 is 2.06 bits per heavy atom. The summed E-state index contributed by atoms with van der Waals surface area (Å²) in [5.41, 5.74) is 0. The first-order chi connectivity index (χ1) is 7.45. The summed E-state index contributed by atoms with van der Waals surface area (Å²) in [6.07, 6.45) is -6.84. The number of aliphatic hydroxyl groups excluding tert-OH is 6. The van der Waals surface area contributed by atoms with Crippen molar-refractivity contribution in [3.05, 3.63) is 0 Å². The molecule has 4 atom stereocenters. The van der Waals surface area contributed by atoms with Crippen LogP contribution in [0.5, 0.6) is 0 Å². The van der Waals surface area contributed by atoms with E-state index in [1.165, 1.54) is 0 Å². The van der Waals surface area contributed by atoms with Crippen LogP contribution in [0.15, 0.2) is 0 Å². The molecule has 7 nitrogen and oxygen atoms in total. The first-order valence-corrected chi connectivity index (χ1v) is 4.93. The molecule has 0 amide bonds. The Balaban J connectivity index is 4.25. The van der Waals surface area contributed by atoms with E-state index in [0.717, 1.165) is 0 Å². The Morgan fingerprint density at radius 2 is 1.62 bits per heavy atom. The first-order valence-electron chi connectivity index (χ1n) is 4.93. The third-order valence-electron chi connectivity index (χ3n) is 2.16. The highest BCUT2D eigenvalue weighted by molar-refractivity contribution is 5.87. The number of carbonyl (C=O) groups is 1. The summed E-state index contributed by atoms with van der Waals surface area (Å²) >= 11 is 0. The second kappa shape index (κ2) is 7.66. The molecule has 0 fully saturated rings. The van der Waals surface area contributed by atoms with Gasteiger partial charge in [0.05, 0.1) is 6.61 Å². The van der Waals surface area contributed by atoms with Crippen molar-refractivity contribution >= 4 is 5.78 Å². The molecular formula is C9H18O7. The monoisotopic (exact) mass is 238 g/mol. The zero-order chi connectivity index (χ0) is 12.7. The van der Waals surface area contributed by atoms with Gasteiger partial charge in [-0.05, 0) is 12.8 Å². The maximum Gasteiger partial charge on any atom is 0.192 e. The van der Waals surface area contributed by atoms with Crippen LogP contribution in [-0.4, -0.2) is 74.1 Å². The van der Waals surface area contributed by atoms with E-state index >= 15 is 0 Å². The number of Topliss-reactive ketones (excluding diaryl/α,β-unsaturated/α-hetero) is 1. The molecule has 1 unspecified atom stereocenters. The van der Waals surface area contributed by atoms with Crippen molar-refractivity contribution in [2.45, 2.75) is 37.3 Å². The normalized spacial score (nSPS) is 18.9. The molecule has 0 heterocycles. The van der Waals surface area contributed by atoms with E-state index in [0.29, 0.717) is 0 Å². The van der Waals surface area contributed by atoms with E-state index < -0.39 is 36.8 Å². The molecule has 0 saturated heterocycles. The van der Waals surface area contributed by atoms with Gasteiger partial charge in [0.1, 0.15) is 24.4 Å². The molecule has 0 aliphatic rings. The van der Waals surface area contributed by atoms with E-state index in [1.54, 1.807) is 0 Å². The fourth-order valence-electron chi connectivity index (χ4n) is 1.11. The standard InChI is InChI=1S/C9H18O7/c10-3-1-2-5(12)7(14)9(16)8(15)6(13)4-11/h5-6,8-13,15-16H,1-4H2/t5?,6-,8+,9+/m1/s1. The predicted octanol–water partition coefficient (Wildman–Crippen LogP) is -3.24. The summed E-state index contributed by atoms with van der Waals surface area (Å²) in [5, 5.41) is 53.6. The number of hydrogen-bond donors (Lipinski definition) is 6. The molecule has 96 valence electrons. The van der Waals surface area contributed by atoms with Crippen LogP contribution < -0.4 is 0 Å². The number of rotatable bonds is 8. The van der Waals surface area contributed by atoms with Gasteiger partial charge in [-0.1, -0.05) is 0 Å². The number of aliphatic hydroxyl groups is 6. The first kappa shape index (κ1) is 15.4. The van der Waals surface area contributed by atoms with Crippen molar-refractivity contribution in [2.75, 3.05) is 13.2 Å². The van der Waals surface area contributed by atoms with E-state index in [2.05, 4.69) is 0 Å². The molecule has 0 saturated carbocycles. The van der Waals surface area contributed by atoms with Gasteiger partial charge in [0.2, 0.25) is 0 Å². The van der Waals surface area contributed by atoms with Crippen molar-refractivity contribution in [3.63, 3.8) is 0 Å². The van der Waals surface area contributed by atoms with Crippen LogP contribution in [0.3, 0.4) is 0 Å². The molecular weight excluding hydrogens is 220 g/mol. The third-order valence-corrected chi connectivity index (χ3v) is 2.16. The number of carbonyl (C=O) groups excluding carboxylic acids is 1. The lowest BCUT2D eigenvalue weighted by atomic mass is 9.99. The smallest absolute Gasteiger partial charge is 0.192 e. The lowest BCUT2D eigenvalue weighted by Gasteiger charge is -2.22. The van der Waals surface area contributed by atoms with E-state index in [4.69, 9.17) is 15.3 Å². The van der Waals surface area contributed by atoms with E-state index in [9.17, 15) is 20.1 Å². The van der Waals surface area contributed by atoms with Gasteiger partial charge in [0.15, 0.2) is 5.78 Å². The molecule has 0 aliphatic heterocycles. The van der Waals surface area contributed by atoms with Gasteiger partial charge < -0.3 is 30.6 Å². The Kier molecular flexibility index (Phi) is 7.39. The molecule has 0 aromatic rings. The van der Waals surface area contributed by atoms with Gasteiger partial charge in [-0.3, -0.25) is 4.79 Å². The zero-order valence-electron chi connectivity index (χ0n) is 8.73. The molecule has 16 heavy (non-hydrogen) atoms. The maximum absolute atomic E-state index is 11.3. The van der Waals surface area contributed by atoms with Crippen LogP contribution in [0, 0.1) is 0 Å². The third kappa shape index (κ3) is 4.52. The van der Waals surface area contributed by atoms with Crippen molar-refractivity contribution in [1.82, 2.24) is 0 Å². The fourth-order valence-corrected chi connectivity index (χ4v) is 1.11. The highest BCUT2D eigenvalue weighted by atomic mass is 16.4. The van der Waals surface area contributed by atoms with Crippen LogP contribution in [-0.2, 0) is 4.79 Å². The van der Waals surface area contributed by atoms with Gasteiger partial charge in [0.25, 0.3) is 0 Å². The fraction of sp³-hybridized carbons (Fsp3) is 0.889. The summed E-state index contributed by atoms with van der Waals surface area (Å²) in [7, 11) is 0. The topological polar surface area (TPSA) is 138 Å². The average Bonchev–Trinajstić information content (AvgIpc) is 2.31. The van der Waals surface area contributed by atoms with E-state index in [-0.39, 0.29) is 19.4 Å². The van der Waals surface area contributed by atoms with Crippen LogP contribution in [0.4, 0.5) is 0 Å². The predicted molar refractivity (Wildman–Crippen MR) is 52.4 cm³/mol. The van der Waals surface area contributed by atoms with E-state index in [1.807, 2.05) is 0 Å². The Labute approximate surface area is 92.6 Å². The highest BCUT2D eigenvalue weighted by Crippen LogP contribution is 2.07. The SMILES string of the molecule is O=C(C(O)CCCO)[C@H](O)[C@@H](O)[C@H](O)CO. The molecule has 0 spiro atoms. The summed E-state index contributed by atoms with van der Waals surface area (Å²) in [6.45, 7) is -1.01. The van der Waals surface area contributed by atoms with Gasteiger partial charge >= 0.3 is 0 Å². The Bertz CT molecular complexity index is 208. The summed E-state index contributed by atoms with van der Waals surface area (Å²) in [4.78, 5) is 11.3. The second-order valence-corrected chi connectivity index (χ2v) is 3.47. The Morgan fingerprint density at radius 1 is 1.06 bits per heavy atom. The van der Waals surface area contributed by atoms with Crippen LogP contribution in [0.25, 0.3) is 0 Å². The second-order valence-electron chi connectivity index (χ2n) is 3.47.